The van der Waals surface area contributed by atoms with Crippen LogP contribution in [0.1, 0.15) is 18.1 Å². The van der Waals surface area contributed by atoms with Crippen molar-refractivity contribution in [1.29, 1.82) is 0 Å². The molecule has 5 heteroatoms. The highest BCUT2D eigenvalue weighted by Crippen LogP contribution is 2.29. The minimum Gasteiger partial charge on any atom is -0.295 e. The molecule has 0 bridgehead atoms. The van der Waals surface area contributed by atoms with Gasteiger partial charge in [0.05, 0.1) is 10.9 Å². The molecule has 0 spiro atoms. The summed E-state index contributed by atoms with van der Waals surface area (Å²) in [6, 6.07) is 11.3. The number of nitrogens with zero attached hydrogens (tertiary/aromatic N) is 2. The molecule has 1 heterocycles. The molecule has 0 amide bonds. The molecule has 0 saturated carbocycles. The highest BCUT2D eigenvalue weighted by atomic mass is 35.5. The Morgan fingerprint density at radius 3 is 2.50 bits per heavy atom. The van der Waals surface area contributed by atoms with Crippen molar-refractivity contribution in [2.75, 3.05) is 0 Å². The molecular formula is C15H11ClF2N2. The van der Waals surface area contributed by atoms with E-state index >= 15 is 0 Å². The van der Waals surface area contributed by atoms with Crippen molar-refractivity contribution in [1.82, 2.24) is 9.55 Å². The van der Waals surface area contributed by atoms with E-state index in [-0.39, 0.29) is 5.52 Å². The average Bonchev–Trinajstić information content (AvgIpc) is 2.79. The first-order chi connectivity index (χ1) is 9.58. The van der Waals surface area contributed by atoms with Gasteiger partial charge >= 0.3 is 0 Å². The van der Waals surface area contributed by atoms with Gasteiger partial charge < -0.3 is 0 Å². The molecule has 0 saturated heterocycles. The van der Waals surface area contributed by atoms with Crippen molar-refractivity contribution >= 4 is 22.6 Å². The number of fused-ring (bicyclic) bond motifs is 1. The summed E-state index contributed by atoms with van der Waals surface area (Å²) in [7, 11) is 0. The Bertz CT molecular complexity index is 766. The average molecular weight is 293 g/mol. The van der Waals surface area contributed by atoms with Crippen LogP contribution in [-0.2, 0) is 0 Å². The number of imidazole rings is 1. The lowest BCUT2D eigenvalue weighted by molar-refractivity contribution is 0.590. The second-order valence-corrected chi connectivity index (χ2v) is 5.17. The van der Waals surface area contributed by atoms with E-state index in [1.54, 1.807) is 11.5 Å². The van der Waals surface area contributed by atoms with Crippen LogP contribution in [0.2, 0.25) is 0 Å². The van der Waals surface area contributed by atoms with Gasteiger partial charge in [-0.05, 0) is 19.1 Å². The highest BCUT2D eigenvalue weighted by Gasteiger charge is 2.19. The molecule has 3 aromatic rings. The van der Waals surface area contributed by atoms with Crippen molar-refractivity contribution in [3.8, 4) is 5.69 Å². The molecule has 0 aliphatic rings. The second kappa shape index (κ2) is 4.87. The molecule has 20 heavy (non-hydrogen) atoms. The van der Waals surface area contributed by atoms with Crippen molar-refractivity contribution < 1.29 is 8.78 Å². The van der Waals surface area contributed by atoms with E-state index in [4.69, 9.17) is 11.6 Å². The van der Waals surface area contributed by atoms with Gasteiger partial charge in [0.25, 0.3) is 0 Å². The maximum Gasteiger partial charge on any atom is 0.153 e. The smallest absolute Gasteiger partial charge is 0.153 e. The van der Waals surface area contributed by atoms with E-state index in [1.165, 1.54) is 6.07 Å². The fourth-order valence-electron chi connectivity index (χ4n) is 2.24. The van der Waals surface area contributed by atoms with E-state index in [0.29, 0.717) is 11.3 Å². The Morgan fingerprint density at radius 2 is 1.85 bits per heavy atom. The zero-order valence-corrected chi connectivity index (χ0v) is 11.4. The van der Waals surface area contributed by atoms with Crippen LogP contribution in [0, 0.1) is 11.6 Å². The van der Waals surface area contributed by atoms with Crippen LogP contribution in [0.25, 0.3) is 16.7 Å². The number of benzene rings is 2. The van der Waals surface area contributed by atoms with Crippen molar-refractivity contribution in [2.45, 2.75) is 12.3 Å². The van der Waals surface area contributed by atoms with Gasteiger partial charge in [0.2, 0.25) is 0 Å². The third kappa shape index (κ3) is 2.06. The Kier molecular flexibility index (Phi) is 3.18. The van der Waals surface area contributed by atoms with E-state index in [0.717, 1.165) is 11.8 Å². The Labute approximate surface area is 119 Å². The van der Waals surface area contributed by atoms with Crippen LogP contribution in [0.4, 0.5) is 8.78 Å². The lowest BCUT2D eigenvalue weighted by Crippen LogP contribution is -2.01. The quantitative estimate of drug-likeness (QED) is 0.631. The van der Waals surface area contributed by atoms with Gasteiger partial charge in [-0.3, -0.25) is 4.57 Å². The van der Waals surface area contributed by atoms with Gasteiger partial charge in [-0.2, -0.15) is 0 Å². The molecule has 0 aliphatic carbocycles. The number of aromatic nitrogens is 2. The van der Waals surface area contributed by atoms with Gasteiger partial charge in [-0.15, -0.1) is 11.6 Å². The SMILES string of the molecule is CC(Cl)c1nc2c(F)cc(F)cc2n1-c1ccccc1. The lowest BCUT2D eigenvalue weighted by atomic mass is 10.2. The van der Waals surface area contributed by atoms with Gasteiger partial charge in [0.15, 0.2) is 5.82 Å². The fourth-order valence-corrected chi connectivity index (χ4v) is 2.38. The van der Waals surface area contributed by atoms with Gasteiger partial charge in [0.1, 0.15) is 17.2 Å². The zero-order valence-electron chi connectivity index (χ0n) is 10.6. The summed E-state index contributed by atoms with van der Waals surface area (Å²) in [6.07, 6.45) is 0. The topological polar surface area (TPSA) is 17.8 Å². The number of para-hydroxylation sites is 1. The van der Waals surface area contributed by atoms with Crippen LogP contribution < -0.4 is 0 Å². The molecule has 2 aromatic carbocycles. The van der Waals surface area contributed by atoms with Crippen LogP contribution in [0.5, 0.6) is 0 Å². The maximum absolute atomic E-state index is 13.9. The van der Waals surface area contributed by atoms with Crippen LogP contribution in [0.3, 0.4) is 0 Å². The molecule has 1 unspecified atom stereocenters. The first-order valence-corrected chi connectivity index (χ1v) is 6.58. The van der Waals surface area contributed by atoms with Gasteiger partial charge in [0, 0.05) is 17.8 Å². The monoisotopic (exact) mass is 292 g/mol. The molecule has 1 atom stereocenters. The van der Waals surface area contributed by atoms with Crippen LogP contribution in [0.15, 0.2) is 42.5 Å². The minimum absolute atomic E-state index is 0.123. The maximum atomic E-state index is 13.9. The molecule has 0 aliphatic heterocycles. The number of rotatable bonds is 2. The summed E-state index contributed by atoms with van der Waals surface area (Å²) >= 11 is 6.12. The molecular weight excluding hydrogens is 282 g/mol. The molecule has 102 valence electrons. The third-order valence-electron chi connectivity index (χ3n) is 3.07. The molecule has 0 radical (unpaired) electrons. The Morgan fingerprint density at radius 1 is 1.15 bits per heavy atom. The molecule has 0 fully saturated rings. The summed E-state index contributed by atoms with van der Waals surface area (Å²) in [5, 5.41) is -0.426. The fraction of sp³-hybridized carbons (Fsp3) is 0.133. The predicted molar refractivity (Wildman–Crippen MR) is 75.3 cm³/mol. The largest absolute Gasteiger partial charge is 0.295 e. The summed E-state index contributed by atoms with van der Waals surface area (Å²) in [6.45, 7) is 1.75. The van der Waals surface area contributed by atoms with Crippen LogP contribution >= 0.6 is 11.6 Å². The van der Waals surface area contributed by atoms with Gasteiger partial charge in [-0.1, -0.05) is 18.2 Å². The number of hydrogen-bond donors (Lipinski definition) is 0. The number of hydrogen-bond acceptors (Lipinski definition) is 1. The first kappa shape index (κ1) is 13.1. The number of alkyl halides is 1. The molecule has 0 N–H and O–H groups in total. The standard InChI is InChI=1S/C15H11ClF2N2/c1-9(16)15-19-14-12(18)7-10(17)8-13(14)20(15)11-5-3-2-4-6-11/h2-9H,1H3. The zero-order chi connectivity index (χ0) is 14.3. The minimum atomic E-state index is -0.687. The van der Waals surface area contributed by atoms with E-state index < -0.39 is 17.0 Å². The number of halogens is 3. The van der Waals surface area contributed by atoms with Crippen molar-refractivity contribution in [3.05, 3.63) is 59.9 Å². The van der Waals surface area contributed by atoms with E-state index in [9.17, 15) is 8.78 Å². The first-order valence-electron chi connectivity index (χ1n) is 6.15. The van der Waals surface area contributed by atoms with Gasteiger partial charge in [-0.25, -0.2) is 13.8 Å². The summed E-state index contributed by atoms with van der Waals surface area (Å²) in [4.78, 5) is 4.22. The van der Waals surface area contributed by atoms with E-state index in [1.807, 2.05) is 30.3 Å². The second-order valence-electron chi connectivity index (χ2n) is 4.51. The summed E-state index contributed by atoms with van der Waals surface area (Å²) in [5.41, 5.74) is 1.26. The van der Waals surface area contributed by atoms with Crippen molar-refractivity contribution in [3.63, 3.8) is 0 Å². The lowest BCUT2D eigenvalue weighted by Gasteiger charge is -2.10. The highest BCUT2D eigenvalue weighted by molar-refractivity contribution is 6.20. The van der Waals surface area contributed by atoms with E-state index in [2.05, 4.69) is 4.98 Å². The van der Waals surface area contributed by atoms with Crippen molar-refractivity contribution in [2.24, 2.45) is 0 Å². The molecule has 3 rings (SSSR count). The van der Waals surface area contributed by atoms with Crippen LogP contribution in [-0.4, -0.2) is 9.55 Å². The Hall–Kier alpha value is -1.94. The summed E-state index contributed by atoms with van der Waals surface area (Å²) in [5.74, 6) is -0.841. The molecule has 1 aromatic heterocycles. The predicted octanol–water partition coefficient (Wildman–Crippen LogP) is 4.60. The summed E-state index contributed by atoms with van der Waals surface area (Å²) < 4.78 is 29.0. The Balaban J connectivity index is 2.41. The normalized spacial score (nSPS) is 12.8. The third-order valence-corrected chi connectivity index (χ3v) is 3.27. The molecule has 2 nitrogen and oxygen atoms in total.